The molecule has 0 fully saturated rings. The summed E-state index contributed by atoms with van der Waals surface area (Å²) in [5.41, 5.74) is 0. The van der Waals surface area contributed by atoms with Gasteiger partial charge in [-0.15, -0.1) is 0 Å². The Bertz CT molecular complexity index is 1640. The van der Waals surface area contributed by atoms with Crippen LogP contribution in [0.25, 0.3) is 0 Å². The maximum Gasteiger partial charge on any atom is 0.306 e. The summed E-state index contributed by atoms with van der Waals surface area (Å²) in [5.74, 6) is -2.30. The monoisotopic (exact) mass is 1040 g/mol. The summed E-state index contributed by atoms with van der Waals surface area (Å²) in [4.78, 5) is 37.1. The van der Waals surface area contributed by atoms with Crippen LogP contribution in [-0.2, 0) is 33.3 Å². The molecule has 0 aliphatic carbocycles. The maximum atomic E-state index is 12.8. The minimum Gasteiger partial charge on any atom is -0.545 e. The van der Waals surface area contributed by atoms with E-state index >= 15 is 0 Å². The third-order valence-electron chi connectivity index (χ3n) is 12.2. The number of allylic oxidation sites excluding steroid dienone is 20. The maximum absolute atomic E-state index is 12.8. The van der Waals surface area contributed by atoms with Crippen LogP contribution < -0.4 is 5.11 Å². The zero-order chi connectivity index (χ0) is 54.8. The predicted octanol–water partition coefficient (Wildman–Crippen LogP) is 16.3. The number of unbranched alkanes of at least 4 members (excludes halogenated alkanes) is 18. The first kappa shape index (κ1) is 70.7. The largest absolute Gasteiger partial charge is 0.545 e. The summed E-state index contributed by atoms with van der Waals surface area (Å²) in [5, 5.41) is 11.7. The van der Waals surface area contributed by atoms with Crippen molar-refractivity contribution in [2.75, 3.05) is 47.5 Å². The van der Waals surface area contributed by atoms with Gasteiger partial charge in [-0.2, -0.15) is 0 Å². The Morgan fingerprint density at radius 2 is 0.760 bits per heavy atom. The molecule has 9 nitrogen and oxygen atoms in total. The standard InChI is InChI=1S/C66H109NO8/c1-6-8-10-12-14-16-17-18-19-20-21-22-23-24-25-26-27-28-29-30-31-32-33-34-35-36-37-38-39-40-41-42-43-44-45-46-47-49-51-53-55-57-64(69)75-62(61-74-66(65(70)71)72-59-58-67(3,4)5)60-73-63(68)56-54-52-50-48-15-13-11-9-7-2/h8,10,14,16,18-19,21-22,24-25,27-28,30-31,33-34,36-37,39-40,62,66H,6-7,9,11-13,15,17,20,23,26,29,32,35,38,41-61H2,1-5H3/b10-8-,16-14-,19-18-,22-21-,25-24-,28-27-,31-30-,34-33-,37-36-,40-39-. The van der Waals surface area contributed by atoms with Crippen LogP contribution in [0.1, 0.15) is 219 Å². The van der Waals surface area contributed by atoms with Crippen molar-refractivity contribution in [2.24, 2.45) is 0 Å². The quantitative estimate of drug-likeness (QED) is 0.0195. The molecule has 0 heterocycles. The lowest BCUT2D eigenvalue weighted by molar-refractivity contribution is -0.870. The number of rotatable bonds is 53. The zero-order valence-electron chi connectivity index (χ0n) is 48.4. The Hall–Kier alpha value is -4.31. The lowest BCUT2D eigenvalue weighted by Crippen LogP contribution is -2.44. The van der Waals surface area contributed by atoms with Gasteiger partial charge >= 0.3 is 11.9 Å². The van der Waals surface area contributed by atoms with E-state index in [0.717, 1.165) is 109 Å². The highest BCUT2D eigenvalue weighted by Crippen LogP contribution is 2.15. The lowest BCUT2D eigenvalue weighted by Gasteiger charge is -2.26. The van der Waals surface area contributed by atoms with Gasteiger partial charge in [0.05, 0.1) is 40.3 Å². The summed E-state index contributed by atoms with van der Waals surface area (Å²) in [6.45, 7) is 4.58. The highest BCUT2D eigenvalue weighted by atomic mass is 16.7. The van der Waals surface area contributed by atoms with Crippen molar-refractivity contribution in [2.45, 2.75) is 232 Å². The van der Waals surface area contributed by atoms with Crippen molar-refractivity contribution >= 4 is 17.9 Å². The number of hydrogen-bond donors (Lipinski definition) is 0. The van der Waals surface area contributed by atoms with E-state index in [2.05, 4.69) is 135 Å². The average molecular weight is 1040 g/mol. The first-order chi connectivity index (χ1) is 36.6. The molecule has 0 saturated heterocycles. The summed E-state index contributed by atoms with van der Waals surface area (Å²) >= 11 is 0. The van der Waals surface area contributed by atoms with Gasteiger partial charge in [0.2, 0.25) is 0 Å². The Balaban J connectivity index is 4.07. The van der Waals surface area contributed by atoms with E-state index in [-0.39, 0.29) is 38.6 Å². The Morgan fingerprint density at radius 3 is 1.13 bits per heavy atom. The number of likely N-dealkylation sites (N-methyl/N-ethyl adjacent to an activating group) is 1. The number of carbonyl (C=O) groups is 3. The van der Waals surface area contributed by atoms with Gasteiger partial charge in [-0.05, 0) is 89.9 Å². The van der Waals surface area contributed by atoms with E-state index in [0.29, 0.717) is 17.4 Å². The van der Waals surface area contributed by atoms with Crippen molar-refractivity contribution in [3.63, 3.8) is 0 Å². The topological polar surface area (TPSA) is 111 Å². The number of aliphatic carboxylic acids is 1. The Morgan fingerprint density at radius 1 is 0.413 bits per heavy atom. The molecule has 0 aromatic rings. The SMILES string of the molecule is CC/C=C\C/C=C\C/C=C\C/C=C\C/C=C\C/C=C\C/C=C\C/C=C\C/C=C\C/C=C\CCCCCCCCCCCCC(=O)OC(COC(=O)CCCCCCCCCCC)COC(OCC[N+](C)(C)C)C(=O)[O-]. The van der Waals surface area contributed by atoms with Gasteiger partial charge in [0.15, 0.2) is 12.4 Å². The number of nitrogens with zero attached hydrogens (tertiary/aromatic N) is 1. The molecule has 0 radical (unpaired) electrons. The Labute approximate surface area is 459 Å². The van der Waals surface area contributed by atoms with Crippen LogP contribution in [0.2, 0.25) is 0 Å². The fourth-order valence-electron chi connectivity index (χ4n) is 7.68. The van der Waals surface area contributed by atoms with E-state index in [1.54, 1.807) is 0 Å². The smallest absolute Gasteiger partial charge is 0.306 e. The van der Waals surface area contributed by atoms with Gasteiger partial charge in [0, 0.05) is 12.8 Å². The van der Waals surface area contributed by atoms with Crippen LogP contribution in [0, 0.1) is 0 Å². The zero-order valence-corrected chi connectivity index (χ0v) is 48.4. The minimum atomic E-state index is -1.62. The molecule has 0 saturated carbocycles. The van der Waals surface area contributed by atoms with Gasteiger partial charge < -0.3 is 33.3 Å². The minimum absolute atomic E-state index is 0.143. The van der Waals surface area contributed by atoms with Gasteiger partial charge in [-0.25, -0.2) is 0 Å². The van der Waals surface area contributed by atoms with E-state index in [9.17, 15) is 19.5 Å². The lowest BCUT2D eigenvalue weighted by atomic mass is 10.0. The second-order valence-electron chi connectivity index (χ2n) is 20.6. The summed E-state index contributed by atoms with van der Waals surface area (Å²) in [6.07, 6.45) is 75.6. The molecular formula is C66H109NO8. The molecule has 0 aliphatic rings. The molecular weight excluding hydrogens is 935 g/mol. The molecule has 426 valence electrons. The molecule has 0 aromatic carbocycles. The molecule has 0 aromatic heterocycles. The summed E-state index contributed by atoms with van der Waals surface area (Å²) in [7, 11) is 5.91. The number of quaternary nitrogens is 1. The second-order valence-corrected chi connectivity index (χ2v) is 20.6. The normalized spacial score (nSPS) is 13.7. The van der Waals surface area contributed by atoms with Crippen molar-refractivity contribution < 1.29 is 42.9 Å². The van der Waals surface area contributed by atoms with Crippen LogP contribution in [0.3, 0.4) is 0 Å². The molecule has 0 bridgehead atoms. The average Bonchev–Trinajstić information content (AvgIpc) is 3.38. The molecule has 75 heavy (non-hydrogen) atoms. The number of carbonyl (C=O) groups excluding carboxylic acids is 3. The van der Waals surface area contributed by atoms with Crippen LogP contribution in [-0.4, -0.2) is 82.3 Å². The number of ether oxygens (including phenoxy) is 4. The summed E-state index contributed by atoms with van der Waals surface area (Å²) < 4.78 is 22.6. The first-order valence-corrected chi connectivity index (χ1v) is 29.7. The highest BCUT2D eigenvalue weighted by molar-refractivity contribution is 5.70. The second kappa shape index (κ2) is 55.9. The molecule has 2 atom stereocenters. The van der Waals surface area contributed by atoms with Gasteiger partial charge in [0.25, 0.3) is 0 Å². The van der Waals surface area contributed by atoms with Crippen LogP contribution >= 0.6 is 0 Å². The third kappa shape index (κ3) is 57.2. The molecule has 0 rings (SSSR count). The molecule has 0 aliphatic heterocycles. The molecule has 9 heteroatoms. The van der Waals surface area contributed by atoms with Crippen LogP contribution in [0.15, 0.2) is 122 Å². The summed E-state index contributed by atoms with van der Waals surface area (Å²) in [6, 6.07) is 0. The van der Waals surface area contributed by atoms with Crippen LogP contribution in [0.4, 0.5) is 0 Å². The number of esters is 2. The fraction of sp³-hybridized carbons (Fsp3) is 0.652. The van der Waals surface area contributed by atoms with Crippen molar-refractivity contribution in [1.82, 2.24) is 0 Å². The van der Waals surface area contributed by atoms with Crippen molar-refractivity contribution in [3.05, 3.63) is 122 Å². The molecule has 2 unspecified atom stereocenters. The predicted molar refractivity (Wildman–Crippen MR) is 315 cm³/mol. The van der Waals surface area contributed by atoms with Gasteiger partial charge in [0.1, 0.15) is 13.2 Å². The molecule has 0 N–H and O–H groups in total. The first-order valence-electron chi connectivity index (χ1n) is 29.7. The van der Waals surface area contributed by atoms with E-state index in [4.69, 9.17) is 18.9 Å². The fourth-order valence-corrected chi connectivity index (χ4v) is 7.68. The number of carboxylic acid groups (broad SMARTS) is 1. The molecule has 0 amide bonds. The highest BCUT2D eigenvalue weighted by Gasteiger charge is 2.22. The van der Waals surface area contributed by atoms with Crippen molar-refractivity contribution in [1.29, 1.82) is 0 Å². The number of carboxylic acids is 1. The third-order valence-corrected chi connectivity index (χ3v) is 12.2. The van der Waals surface area contributed by atoms with E-state index in [1.807, 2.05) is 21.1 Å². The molecule has 0 spiro atoms. The van der Waals surface area contributed by atoms with Crippen LogP contribution in [0.5, 0.6) is 0 Å². The Kier molecular flexibility index (Phi) is 52.7. The number of hydrogen-bond acceptors (Lipinski definition) is 8. The van der Waals surface area contributed by atoms with E-state index in [1.165, 1.54) is 77.0 Å². The van der Waals surface area contributed by atoms with Crippen molar-refractivity contribution in [3.8, 4) is 0 Å². The van der Waals surface area contributed by atoms with Gasteiger partial charge in [-0.1, -0.05) is 238 Å². The van der Waals surface area contributed by atoms with E-state index < -0.39 is 24.3 Å². The van der Waals surface area contributed by atoms with Gasteiger partial charge in [-0.3, -0.25) is 9.59 Å².